The molecule has 122 valence electrons. The molecule has 0 bridgehead atoms. The quantitative estimate of drug-likeness (QED) is 0.434. The minimum absolute atomic E-state index is 0.184. The molecule has 0 aliphatic rings. The van der Waals surface area contributed by atoms with Gasteiger partial charge in [-0.05, 0) is 37.1 Å². The third kappa shape index (κ3) is 5.63. The van der Waals surface area contributed by atoms with Gasteiger partial charge in [-0.15, -0.1) is 0 Å². The number of rotatable bonds is 7. The van der Waals surface area contributed by atoms with E-state index in [1.54, 1.807) is 6.92 Å². The summed E-state index contributed by atoms with van der Waals surface area (Å²) in [6.45, 7) is -3.03. The Hall–Kier alpha value is -2.25. The number of alkyl halides is 4. The molecule has 0 saturated heterocycles. The zero-order valence-electron chi connectivity index (χ0n) is 11.8. The second-order valence-electron chi connectivity index (χ2n) is 4.00. The summed E-state index contributed by atoms with van der Waals surface area (Å²) >= 11 is 0. The summed E-state index contributed by atoms with van der Waals surface area (Å²) in [5, 5.41) is 0. The first-order valence-corrected chi connectivity index (χ1v) is 6.22. The zero-order valence-corrected chi connectivity index (χ0v) is 11.8. The van der Waals surface area contributed by atoms with E-state index in [4.69, 9.17) is 4.74 Å². The van der Waals surface area contributed by atoms with Crippen LogP contribution < -0.4 is 9.47 Å². The smallest absolute Gasteiger partial charge is 0.387 e. The molecule has 1 aromatic rings. The first-order valence-electron chi connectivity index (χ1n) is 6.22. The standard InChI is InChI=1S/C14H14F4O4/c1-3-20-12(19)6-8(2)9-4-5-10(21-13(15)16)11(7-9)22-14(17)18/h4-7,13-14H,3H2,1-2H3. The highest BCUT2D eigenvalue weighted by Crippen LogP contribution is 2.33. The van der Waals surface area contributed by atoms with Gasteiger partial charge in [-0.1, -0.05) is 6.07 Å². The van der Waals surface area contributed by atoms with Crippen LogP contribution in [-0.4, -0.2) is 25.8 Å². The summed E-state index contributed by atoms with van der Waals surface area (Å²) in [6.07, 6.45) is 1.15. The SMILES string of the molecule is CCOC(=O)C=C(C)c1ccc(OC(F)F)c(OC(F)F)c1. The molecule has 0 saturated carbocycles. The number of hydrogen-bond acceptors (Lipinski definition) is 4. The van der Waals surface area contributed by atoms with Crippen molar-refractivity contribution in [2.45, 2.75) is 27.1 Å². The molecule has 0 radical (unpaired) electrons. The maximum Gasteiger partial charge on any atom is 0.387 e. The van der Waals surface area contributed by atoms with Gasteiger partial charge in [0.15, 0.2) is 11.5 Å². The Morgan fingerprint density at radius 3 is 2.27 bits per heavy atom. The van der Waals surface area contributed by atoms with Crippen LogP contribution in [0, 0.1) is 0 Å². The Bertz CT molecular complexity index is 544. The van der Waals surface area contributed by atoms with Crippen molar-refractivity contribution in [3.05, 3.63) is 29.8 Å². The molecular weight excluding hydrogens is 308 g/mol. The zero-order chi connectivity index (χ0) is 16.7. The lowest BCUT2D eigenvalue weighted by atomic mass is 10.1. The average Bonchev–Trinajstić information content (AvgIpc) is 2.39. The van der Waals surface area contributed by atoms with Crippen LogP contribution in [0.4, 0.5) is 17.6 Å². The molecule has 4 nitrogen and oxygen atoms in total. The highest BCUT2D eigenvalue weighted by atomic mass is 19.3. The second-order valence-corrected chi connectivity index (χ2v) is 4.00. The molecule has 1 aromatic carbocycles. The lowest BCUT2D eigenvalue weighted by Crippen LogP contribution is -2.08. The Kier molecular flexibility index (Phi) is 6.68. The Morgan fingerprint density at radius 1 is 1.14 bits per heavy atom. The molecule has 0 aliphatic carbocycles. The molecule has 0 fully saturated rings. The fraction of sp³-hybridized carbons (Fsp3) is 0.357. The molecule has 0 aromatic heterocycles. The van der Waals surface area contributed by atoms with Crippen LogP contribution in [0.3, 0.4) is 0 Å². The molecule has 0 spiro atoms. The molecule has 0 heterocycles. The van der Waals surface area contributed by atoms with E-state index in [0.29, 0.717) is 11.1 Å². The highest BCUT2D eigenvalue weighted by Gasteiger charge is 2.16. The minimum Gasteiger partial charge on any atom is -0.463 e. The normalized spacial score (nSPS) is 11.7. The number of ether oxygens (including phenoxy) is 3. The van der Waals surface area contributed by atoms with E-state index in [-0.39, 0.29) is 6.61 Å². The predicted molar refractivity (Wildman–Crippen MR) is 70.0 cm³/mol. The predicted octanol–water partition coefficient (Wildman–Crippen LogP) is 3.86. The molecule has 0 N–H and O–H groups in total. The van der Waals surface area contributed by atoms with Crippen LogP contribution in [0.1, 0.15) is 19.4 Å². The maximum atomic E-state index is 12.3. The minimum atomic E-state index is -3.20. The maximum absolute atomic E-state index is 12.3. The molecule has 22 heavy (non-hydrogen) atoms. The van der Waals surface area contributed by atoms with E-state index in [9.17, 15) is 22.4 Å². The van der Waals surface area contributed by atoms with Gasteiger partial charge in [0.2, 0.25) is 0 Å². The van der Waals surface area contributed by atoms with Gasteiger partial charge >= 0.3 is 19.2 Å². The molecular formula is C14H14F4O4. The summed E-state index contributed by atoms with van der Waals surface area (Å²) < 4.78 is 62.1. The van der Waals surface area contributed by atoms with Gasteiger partial charge < -0.3 is 14.2 Å². The number of hydrogen-bond donors (Lipinski definition) is 0. The molecule has 0 unspecified atom stereocenters. The monoisotopic (exact) mass is 322 g/mol. The van der Waals surface area contributed by atoms with Crippen LogP contribution >= 0.6 is 0 Å². The highest BCUT2D eigenvalue weighted by molar-refractivity contribution is 5.91. The van der Waals surface area contributed by atoms with E-state index in [1.807, 2.05) is 0 Å². The lowest BCUT2D eigenvalue weighted by molar-refractivity contribution is -0.137. The first-order chi connectivity index (χ1) is 10.3. The number of carbonyl (C=O) groups is 1. The molecule has 0 amide bonds. The van der Waals surface area contributed by atoms with Crippen LogP contribution in [0.15, 0.2) is 24.3 Å². The third-order valence-corrected chi connectivity index (χ3v) is 2.45. The first kappa shape index (κ1) is 17.8. The van der Waals surface area contributed by atoms with Crippen molar-refractivity contribution < 1.29 is 36.6 Å². The number of benzene rings is 1. The van der Waals surface area contributed by atoms with Crippen molar-refractivity contribution in [3.8, 4) is 11.5 Å². The van der Waals surface area contributed by atoms with E-state index >= 15 is 0 Å². The van der Waals surface area contributed by atoms with E-state index < -0.39 is 30.7 Å². The van der Waals surface area contributed by atoms with Gasteiger partial charge in [-0.25, -0.2) is 4.79 Å². The summed E-state index contributed by atoms with van der Waals surface area (Å²) in [5.41, 5.74) is 0.714. The summed E-state index contributed by atoms with van der Waals surface area (Å²) in [4.78, 5) is 11.3. The summed E-state index contributed by atoms with van der Waals surface area (Å²) in [7, 11) is 0. The van der Waals surface area contributed by atoms with E-state index in [2.05, 4.69) is 9.47 Å². The van der Waals surface area contributed by atoms with Crippen molar-refractivity contribution in [1.29, 1.82) is 0 Å². The molecule has 0 atom stereocenters. The molecule has 1 rings (SSSR count). The van der Waals surface area contributed by atoms with Crippen LogP contribution in [0.25, 0.3) is 5.57 Å². The van der Waals surface area contributed by atoms with Crippen molar-refractivity contribution in [3.63, 3.8) is 0 Å². The number of halogens is 4. The molecule has 0 aliphatic heterocycles. The lowest BCUT2D eigenvalue weighted by Gasteiger charge is -2.13. The third-order valence-electron chi connectivity index (χ3n) is 2.45. The van der Waals surface area contributed by atoms with Crippen molar-refractivity contribution in [2.24, 2.45) is 0 Å². The number of esters is 1. The fourth-order valence-corrected chi connectivity index (χ4v) is 1.58. The summed E-state index contributed by atoms with van der Waals surface area (Å²) in [6, 6.07) is 3.47. The van der Waals surface area contributed by atoms with E-state index in [1.165, 1.54) is 13.0 Å². The second kappa shape index (κ2) is 8.26. The topological polar surface area (TPSA) is 44.8 Å². The van der Waals surface area contributed by atoms with Gasteiger partial charge in [-0.2, -0.15) is 17.6 Å². The van der Waals surface area contributed by atoms with Crippen molar-refractivity contribution >= 4 is 11.5 Å². The fourth-order valence-electron chi connectivity index (χ4n) is 1.58. The number of carbonyl (C=O) groups excluding carboxylic acids is 1. The van der Waals surface area contributed by atoms with Crippen molar-refractivity contribution in [2.75, 3.05) is 6.61 Å². The molecule has 8 heteroatoms. The van der Waals surface area contributed by atoms with Crippen molar-refractivity contribution in [1.82, 2.24) is 0 Å². The van der Waals surface area contributed by atoms with Crippen LogP contribution in [-0.2, 0) is 9.53 Å². The van der Waals surface area contributed by atoms with Gasteiger partial charge in [0.1, 0.15) is 0 Å². The van der Waals surface area contributed by atoms with Gasteiger partial charge in [0.05, 0.1) is 6.61 Å². The van der Waals surface area contributed by atoms with E-state index in [0.717, 1.165) is 18.2 Å². The Balaban J connectivity index is 3.09. The van der Waals surface area contributed by atoms with Gasteiger partial charge in [-0.3, -0.25) is 0 Å². The Morgan fingerprint density at radius 2 is 1.73 bits per heavy atom. The van der Waals surface area contributed by atoms with Crippen LogP contribution in [0.2, 0.25) is 0 Å². The number of allylic oxidation sites excluding steroid dienone is 1. The largest absolute Gasteiger partial charge is 0.463 e. The summed E-state index contributed by atoms with van der Waals surface area (Å²) in [5.74, 6) is -1.68. The van der Waals surface area contributed by atoms with Gasteiger partial charge in [0, 0.05) is 6.08 Å². The average molecular weight is 322 g/mol. The van der Waals surface area contributed by atoms with Crippen LogP contribution in [0.5, 0.6) is 11.5 Å². The Labute approximate surface area is 124 Å². The van der Waals surface area contributed by atoms with Gasteiger partial charge in [0.25, 0.3) is 0 Å².